The van der Waals surface area contributed by atoms with E-state index in [1.54, 1.807) is 0 Å². The van der Waals surface area contributed by atoms with Gasteiger partial charge < -0.3 is 16.4 Å². The van der Waals surface area contributed by atoms with Crippen LogP contribution in [0, 0.1) is 0 Å². The molecule has 0 radical (unpaired) electrons. The van der Waals surface area contributed by atoms with Gasteiger partial charge >= 0.3 is 18.0 Å². The molecule has 1 aromatic rings. The highest BCUT2D eigenvalue weighted by Gasteiger charge is 2.31. The molecule has 0 heterocycles. The minimum absolute atomic E-state index is 0.0311. The van der Waals surface area contributed by atoms with Crippen molar-refractivity contribution in [3.63, 3.8) is 0 Å². The molecule has 21 heavy (non-hydrogen) atoms. The summed E-state index contributed by atoms with van der Waals surface area (Å²) in [6, 6.07) is 2.67. The zero-order valence-electron chi connectivity index (χ0n) is 10.3. The summed E-state index contributed by atoms with van der Waals surface area (Å²) in [7, 11) is 0. The number of amides is 2. The van der Waals surface area contributed by atoms with Crippen molar-refractivity contribution in [2.24, 2.45) is 5.73 Å². The summed E-state index contributed by atoms with van der Waals surface area (Å²) >= 11 is 7.49. The zero-order valence-corrected chi connectivity index (χ0v) is 12.7. The second-order valence-corrected chi connectivity index (χ2v) is 5.17. The van der Waals surface area contributed by atoms with Gasteiger partial charge in [0.15, 0.2) is 0 Å². The number of rotatable bonds is 3. The van der Waals surface area contributed by atoms with Crippen LogP contribution in [0.25, 0.3) is 0 Å². The van der Waals surface area contributed by atoms with Gasteiger partial charge in [-0.3, -0.25) is 9.59 Å². The molecule has 10 heteroatoms. The minimum Gasteiger partial charge on any atom is -0.392 e. The largest absolute Gasteiger partial charge is 0.416 e. The molecule has 114 valence electrons. The molecule has 0 atom stereocenters. The van der Waals surface area contributed by atoms with E-state index in [2.05, 4.69) is 38.8 Å². The van der Waals surface area contributed by atoms with E-state index in [9.17, 15) is 22.8 Å². The Labute approximate surface area is 131 Å². The Morgan fingerprint density at radius 2 is 1.90 bits per heavy atom. The van der Waals surface area contributed by atoms with Gasteiger partial charge in [0, 0.05) is 4.47 Å². The van der Waals surface area contributed by atoms with Gasteiger partial charge in [0.05, 0.1) is 22.8 Å². The zero-order chi connectivity index (χ0) is 16.2. The Balaban J connectivity index is 2.85. The first kappa shape index (κ1) is 17.4. The number of halogens is 4. The summed E-state index contributed by atoms with van der Waals surface area (Å²) in [5.74, 6) is -2.20. The van der Waals surface area contributed by atoms with Gasteiger partial charge in [0.2, 0.25) is 0 Å². The summed E-state index contributed by atoms with van der Waals surface area (Å²) in [6.07, 6.45) is -4.56. The molecule has 0 saturated heterocycles. The van der Waals surface area contributed by atoms with Crippen LogP contribution in [0.3, 0.4) is 0 Å². The van der Waals surface area contributed by atoms with Gasteiger partial charge in [-0.25, -0.2) is 0 Å². The Morgan fingerprint density at radius 3 is 2.43 bits per heavy atom. The van der Waals surface area contributed by atoms with Crippen LogP contribution in [0.4, 0.5) is 18.9 Å². The van der Waals surface area contributed by atoms with E-state index in [4.69, 9.17) is 5.73 Å². The first-order valence-electron chi connectivity index (χ1n) is 5.35. The predicted molar refractivity (Wildman–Crippen MR) is 77.6 cm³/mol. The molecule has 0 aliphatic heterocycles. The van der Waals surface area contributed by atoms with Crippen molar-refractivity contribution in [1.82, 2.24) is 5.32 Å². The molecular weight excluding hydrogens is 375 g/mol. The summed E-state index contributed by atoms with van der Waals surface area (Å²) in [5, 5.41) is 4.18. The highest BCUT2D eigenvalue weighted by molar-refractivity contribution is 9.10. The lowest BCUT2D eigenvalue weighted by Crippen LogP contribution is -2.39. The normalized spacial score (nSPS) is 10.9. The van der Waals surface area contributed by atoms with Crippen LogP contribution in [-0.4, -0.2) is 23.3 Å². The van der Waals surface area contributed by atoms with Gasteiger partial charge in [-0.2, -0.15) is 13.2 Å². The van der Waals surface area contributed by atoms with Crippen LogP contribution < -0.4 is 16.4 Å². The van der Waals surface area contributed by atoms with Crippen molar-refractivity contribution in [2.45, 2.75) is 6.18 Å². The smallest absolute Gasteiger partial charge is 0.392 e. The summed E-state index contributed by atoms with van der Waals surface area (Å²) in [5.41, 5.74) is 4.00. The monoisotopic (exact) mass is 383 g/mol. The van der Waals surface area contributed by atoms with Crippen LogP contribution in [-0.2, 0) is 15.8 Å². The maximum atomic E-state index is 12.6. The van der Waals surface area contributed by atoms with Crippen LogP contribution in [0.1, 0.15) is 5.56 Å². The summed E-state index contributed by atoms with van der Waals surface area (Å²) < 4.78 is 37.9. The van der Waals surface area contributed by atoms with Gasteiger partial charge in [0.1, 0.15) is 0 Å². The number of thiocarbonyl (C=S) groups is 1. The van der Waals surface area contributed by atoms with Crippen molar-refractivity contribution < 1.29 is 22.8 Å². The Bertz CT molecular complexity index is 593. The first-order chi connectivity index (χ1) is 9.61. The second kappa shape index (κ2) is 6.85. The molecule has 0 bridgehead atoms. The average molecular weight is 384 g/mol. The molecule has 1 rings (SSSR count). The van der Waals surface area contributed by atoms with Gasteiger partial charge in [-0.15, -0.1) is 0 Å². The van der Waals surface area contributed by atoms with E-state index in [0.717, 1.165) is 12.1 Å². The molecule has 0 fully saturated rings. The number of nitrogens with one attached hydrogen (secondary N) is 2. The molecule has 0 spiro atoms. The van der Waals surface area contributed by atoms with E-state index < -0.39 is 23.6 Å². The Kier molecular flexibility index (Phi) is 5.67. The maximum absolute atomic E-state index is 12.6. The maximum Gasteiger partial charge on any atom is 0.416 e. The number of alkyl halides is 3. The third-order valence-corrected chi connectivity index (χ3v) is 3.01. The number of hydrogen-bond acceptors (Lipinski definition) is 3. The van der Waals surface area contributed by atoms with Crippen molar-refractivity contribution in [3.8, 4) is 0 Å². The van der Waals surface area contributed by atoms with Crippen LogP contribution >= 0.6 is 28.1 Å². The lowest BCUT2D eigenvalue weighted by atomic mass is 10.2. The Hall–Kier alpha value is -1.68. The van der Waals surface area contributed by atoms with Crippen molar-refractivity contribution >= 4 is 50.6 Å². The van der Waals surface area contributed by atoms with Crippen LogP contribution in [0.5, 0.6) is 0 Å². The molecule has 0 unspecified atom stereocenters. The van der Waals surface area contributed by atoms with Crippen molar-refractivity contribution in [3.05, 3.63) is 28.2 Å². The van der Waals surface area contributed by atoms with Gasteiger partial charge in [-0.05, 0) is 34.1 Å². The second-order valence-electron chi connectivity index (χ2n) is 3.80. The highest BCUT2D eigenvalue weighted by atomic mass is 79.9. The van der Waals surface area contributed by atoms with Crippen molar-refractivity contribution in [1.29, 1.82) is 0 Å². The average Bonchev–Trinajstić information content (AvgIpc) is 2.36. The number of benzene rings is 1. The number of carbonyl (C=O) groups excluding carboxylic acids is 2. The van der Waals surface area contributed by atoms with E-state index in [1.165, 1.54) is 0 Å². The van der Waals surface area contributed by atoms with E-state index in [1.807, 2.05) is 0 Å². The van der Waals surface area contributed by atoms with E-state index >= 15 is 0 Å². The fourth-order valence-corrected chi connectivity index (χ4v) is 1.64. The predicted octanol–water partition coefficient (Wildman–Crippen LogP) is 1.81. The molecule has 0 aromatic heterocycles. The molecule has 0 aliphatic carbocycles. The lowest BCUT2D eigenvalue weighted by Gasteiger charge is -2.11. The summed E-state index contributed by atoms with van der Waals surface area (Å²) in [4.78, 5) is 22.9. The molecule has 2 amide bonds. The molecule has 5 nitrogen and oxygen atoms in total. The molecule has 1 aromatic carbocycles. The van der Waals surface area contributed by atoms with Crippen LogP contribution in [0.15, 0.2) is 22.7 Å². The third kappa shape index (κ3) is 5.31. The number of carbonyl (C=O) groups is 2. The number of nitrogens with two attached hydrogens (primary N) is 1. The number of hydrogen-bond donors (Lipinski definition) is 3. The first-order valence-corrected chi connectivity index (χ1v) is 6.55. The quantitative estimate of drug-likeness (QED) is 0.548. The molecular formula is C11H9BrF3N3O2S. The van der Waals surface area contributed by atoms with Crippen LogP contribution in [0.2, 0.25) is 0 Å². The van der Waals surface area contributed by atoms with Crippen molar-refractivity contribution in [2.75, 3.05) is 11.9 Å². The standard InChI is InChI=1S/C11H9BrF3N3O2S/c12-6-2-1-5(11(13,14)15)3-7(6)18-10(20)9(19)17-4-8(16)21/h1-3H,4H2,(H2,16,21)(H,17,19)(H,18,20). The number of anilines is 1. The molecule has 4 N–H and O–H groups in total. The fraction of sp³-hybridized carbons (Fsp3) is 0.182. The summed E-state index contributed by atoms with van der Waals surface area (Å²) in [6.45, 7) is -0.189. The topological polar surface area (TPSA) is 84.2 Å². The Morgan fingerprint density at radius 1 is 1.29 bits per heavy atom. The fourth-order valence-electron chi connectivity index (χ4n) is 1.22. The SMILES string of the molecule is NC(=S)CNC(=O)C(=O)Nc1cc(C(F)(F)F)ccc1Br. The highest BCUT2D eigenvalue weighted by Crippen LogP contribution is 2.33. The lowest BCUT2D eigenvalue weighted by molar-refractivity contribution is -0.137. The van der Waals surface area contributed by atoms with E-state index in [-0.39, 0.29) is 21.7 Å². The molecule has 0 saturated carbocycles. The van der Waals surface area contributed by atoms with Gasteiger partial charge in [0.25, 0.3) is 0 Å². The van der Waals surface area contributed by atoms with Gasteiger partial charge in [-0.1, -0.05) is 12.2 Å². The minimum atomic E-state index is -4.56. The molecule has 0 aliphatic rings. The van der Waals surface area contributed by atoms with E-state index in [0.29, 0.717) is 6.07 Å². The third-order valence-electron chi connectivity index (χ3n) is 2.17.